The quantitative estimate of drug-likeness (QED) is 0.891. The summed E-state index contributed by atoms with van der Waals surface area (Å²) in [6, 6.07) is 13.2. The minimum Gasteiger partial charge on any atom is -0.491 e. The van der Waals surface area contributed by atoms with Crippen molar-refractivity contribution in [3.05, 3.63) is 59.9 Å². The van der Waals surface area contributed by atoms with Gasteiger partial charge in [0, 0.05) is 0 Å². The molecular formula is C16H15FN2O2. The van der Waals surface area contributed by atoms with Crippen molar-refractivity contribution < 1.29 is 13.9 Å². The van der Waals surface area contributed by atoms with Crippen molar-refractivity contribution in [2.45, 2.75) is 12.5 Å². The number of anilines is 1. The van der Waals surface area contributed by atoms with E-state index in [1.807, 2.05) is 24.3 Å². The van der Waals surface area contributed by atoms with Crippen LogP contribution in [0.15, 0.2) is 48.5 Å². The molecule has 0 bridgehead atoms. The van der Waals surface area contributed by atoms with Gasteiger partial charge >= 0.3 is 6.03 Å². The van der Waals surface area contributed by atoms with E-state index in [4.69, 9.17) is 4.74 Å². The van der Waals surface area contributed by atoms with Gasteiger partial charge in [-0.25, -0.2) is 9.18 Å². The van der Waals surface area contributed by atoms with Gasteiger partial charge in [-0.05, 0) is 30.2 Å². The predicted octanol–water partition coefficient (Wildman–Crippen LogP) is 2.95. The van der Waals surface area contributed by atoms with Crippen molar-refractivity contribution in [2.75, 3.05) is 11.9 Å². The molecule has 2 aromatic rings. The molecule has 0 spiro atoms. The van der Waals surface area contributed by atoms with Crippen LogP contribution in [0, 0.1) is 5.82 Å². The highest BCUT2D eigenvalue weighted by molar-refractivity contribution is 5.89. The van der Waals surface area contributed by atoms with Crippen LogP contribution in [0.4, 0.5) is 14.9 Å². The maximum absolute atomic E-state index is 13.5. The largest absolute Gasteiger partial charge is 0.491 e. The highest BCUT2D eigenvalue weighted by Gasteiger charge is 2.21. The summed E-state index contributed by atoms with van der Waals surface area (Å²) in [5, 5.41) is 5.29. The Morgan fingerprint density at radius 2 is 1.90 bits per heavy atom. The molecule has 2 aromatic carbocycles. The van der Waals surface area contributed by atoms with Gasteiger partial charge in [0.25, 0.3) is 0 Å². The number of halogens is 1. The monoisotopic (exact) mass is 286 g/mol. The summed E-state index contributed by atoms with van der Waals surface area (Å²) < 4.78 is 19.1. The van der Waals surface area contributed by atoms with E-state index in [9.17, 15) is 9.18 Å². The van der Waals surface area contributed by atoms with Crippen LogP contribution in [0.25, 0.3) is 0 Å². The van der Waals surface area contributed by atoms with Crippen LogP contribution in [-0.2, 0) is 6.42 Å². The van der Waals surface area contributed by atoms with Crippen LogP contribution < -0.4 is 15.4 Å². The molecule has 0 saturated heterocycles. The minimum atomic E-state index is -0.460. The van der Waals surface area contributed by atoms with Crippen molar-refractivity contribution in [3.8, 4) is 5.75 Å². The molecule has 1 aliphatic heterocycles. The second-order valence-electron chi connectivity index (χ2n) is 4.90. The lowest BCUT2D eigenvalue weighted by Crippen LogP contribution is -2.44. The van der Waals surface area contributed by atoms with E-state index in [1.54, 1.807) is 12.1 Å². The first-order chi connectivity index (χ1) is 10.2. The van der Waals surface area contributed by atoms with Gasteiger partial charge in [0.05, 0.1) is 11.7 Å². The first-order valence-electron chi connectivity index (χ1n) is 6.75. The first kappa shape index (κ1) is 13.4. The maximum atomic E-state index is 13.5. The zero-order chi connectivity index (χ0) is 14.7. The van der Waals surface area contributed by atoms with Crippen molar-refractivity contribution in [1.29, 1.82) is 0 Å². The van der Waals surface area contributed by atoms with E-state index in [1.165, 1.54) is 12.1 Å². The standard InChI is InChI=1S/C16H15FN2O2/c17-13-6-2-3-7-14(13)19-16(20)18-12-9-11-5-1-4-8-15(11)21-10-12/h1-8,12H,9-10H2,(H2,18,19,20)/t12-/m1/s1. The number of rotatable bonds is 2. The predicted molar refractivity (Wildman–Crippen MR) is 78.0 cm³/mol. The van der Waals surface area contributed by atoms with Crippen LogP contribution >= 0.6 is 0 Å². The van der Waals surface area contributed by atoms with E-state index < -0.39 is 11.8 Å². The molecule has 4 nitrogen and oxygen atoms in total. The average Bonchev–Trinajstić information content (AvgIpc) is 2.49. The summed E-state index contributed by atoms with van der Waals surface area (Å²) in [4.78, 5) is 11.9. The third-order valence-corrected chi connectivity index (χ3v) is 3.34. The Hall–Kier alpha value is -2.56. The highest BCUT2D eigenvalue weighted by atomic mass is 19.1. The van der Waals surface area contributed by atoms with Crippen LogP contribution in [0.1, 0.15) is 5.56 Å². The Kier molecular flexibility index (Phi) is 3.73. The van der Waals surface area contributed by atoms with Crippen molar-refractivity contribution in [2.24, 2.45) is 0 Å². The fraction of sp³-hybridized carbons (Fsp3) is 0.188. The molecule has 2 N–H and O–H groups in total. The molecule has 0 radical (unpaired) electrons. The fourth-order valence-electron chi connectivity index (χ4n) is 2.33. The number of amides is 2. The zero-order valence-electron chi connectivity index (χ0n) is 11.3. The molecule has 1 atom stereocenters. The van der Waals surface area contributed by atoms with E-state index >= 15 is 0 Å². The fourth-order valence-corrected chi connectivity index (χ4v) is 2.33. The Labute approximate surface area is 121 Å². The lowest BCUT2D eigenvalue weighted by atomic mass is 10.0. The average molecular weight is 286 g/mol. The summed E-state index contributed by atoms with van der Waals surface area (Å²) in [5.41, 5.74) is 1.21. The second-order valence-corrected chi connectivity index (χ2v) is 4.90. The molecule has 2 amide bonds. The molecule has 0 fully saturated rings. The lowest BCUT2D eigenvalue weighted by molar-refractivity contribution is 0.222. The van der Waals surface area contributed by atoms with Crippen LogP contribution in [0.2, 0.25) is 0 Å². The van der Waals surface area contributed by atoms with E-state index in [2.05, 4.69) is 10.6 Å². The smallest absolute Gasteiger partial charge is 0.319 e. The molecule has 21 heavy (non-hydrogen) atoms. The van der Waals surface area contributed by atoms with Gasteiger partial charge in [-0.3, -0.25) is 0 Å². The van der Waals surface area contributed by atoms with Gasteiger partial charge in [0.2, 0.25) is 0 Å². The molecule has 0 saturated carbocycles. The Bertz CT molecular complexity index is 660. The number of carbonyl (C=O) groups excluding carboxylic acids is 1. The van der Waals surface area contributed by atoms with Gasteiger partial charge in [-0.2, -0.15) is 0 Å². The highest BCUT2D eigenvalue weighted by Crippen LogP contribution is 2.23. The molecule has 108 valence electrons. The van der Waals surface area contributed by atoms with Crippen LogP contribution in [0.5, 0.6) is 5.75 Å². The Morgan fingerprint density at radius 3 is 2.76 bits per heavy atom. The summed E-state index contributed by atoms with van der Waals surface area (Å²) >= 11 is 0. The summed E-state index contributed by atoms with van der Waals surface area (Å²) in [5.74, 6) is 0.392. The van der Waals surface area contributed by atoms with E-state index in [-0.39, 0.29) is 11.7 Å². The maximum Gasteiger partial charge on any atom is 0.319 e. The topological polar surface area (TPSA) is 50.4 Å². The van der Waals surface area contributed by atoms with Crippen LogP contribution in [-0.4, -0.2) is 18.7 Å². The third kappa shape index (κ3) is 3.13. The number of nitrogens with one attached hydrogen (secondary N) is 2. The van der Waals surface area contributed by atoms with Gasteiger partial charge in [0.1, 0.15) is 18.2 Å². The normalized spacial score (nSPS) is 16.5. The lowest BCUT2D eigenvalue weighted by Gasteiger charge is -2.26. The Morgan fingerprint density at radius 1 is 1.14 bits per heavy atom. The summed E-state index contributed by atoms with van der Waals surface area (Å²) in [6.07, 6.45) is 0.695. The summed E-state index contributed by atoms with van der Waals surface area (Å²) in [7, 11) is 0. The number of hydrogen-bond donors (Lipinski definition) is 2. The van der Waals surface area contributed by atoms with Crippen molar-refractivity contribution in [3.63, 3.8) is 0 Å². The van der Waals surface area contributed by atoms with Gasteiger partial charge in [-0.15, -0.1) is 0 Å². The molecule has 0 unspecified atom stereocenters. The number of ether oxygens (including phenoxy) is 1. The van der Waals surface area contributed by atoms with Crippen LogP contribution in [0.3, 0.4) is 0 Å². The number of urea groups is 1. The van der Waals surface area contributed by atoms with E-state index in [0.29, 0.717) is 13.0 Å². The molecule has 5 heteroatoms. The molecule has 1 aliphatic rings. The van der Waals surface area contributed by atoms with Crippen molar-refractivity contribution in [1.82, 2.24) is 5.32 Å². The zero-order valence-corrected chi connectivity index (χ0v) is 11.3. The molecule has 3 rings (SSSR count). The van der Waals surface area contributed by atoms with Gasteiger partial charge < -0.3 is 15.4 Å². The van der Waals surface area contributed by atoms with Gasteiger partial charge in [-0.1, -0.05) is 30.3 Å². The first-order valence-corrected chi connectivity index (χ1v) is 6.75. The Balaban J connectivity index is 1.60. The molecule has 0 aliphatic carbocycles. The number of benzene rings is 2. The summed E-state index contributed by atoms with van der Waals surface area (Å²) in [6.45, 7) is 0.404. The second kappa shape index (κ2) is 5.83. The molecular weight excluding hydrogens is 271 g/mol. The molecule has 0 aromatic heterocycles. The number of hydrogen-bond acceptors (Lipinski definition) is 2. The third-order valence-electron chi connectivity index (χ3n) is 3.34. The number of carbonyl (C=O) groups is 1. The molecule has 1 heterocycles. The van der Waals surface area contributed by atoms with Crippen molar-refractivity contribution >= 4 is 11.7 Å². The van der Waals surface area contributed by atoms with E-state index in [0.717, 1.165) is 11.3 Å². The SMILES string of the molecule is O=C(Nc1ccccc1F)N[C@H]1COc2ccccc2C1. The number of fused-ring (bicyclic) bond motifs is 1. The number of para-hydroxylation sites is 2. The van der Waals surface area contributed by atoms with Gasteiger partial charge in [0.15, 0.2) is 0 Å². The minimum absolute atomic E-state index is 0.133.